The van der Waals surface area contributed by atoms with Gasteiger partial charge in [0.1, 0.15) is 5.75 Å². The molecule has 2 aliphatic rings. The minimum Gasteiger partial charge on any atom is -0.497 e. The van der Waals surface area contributed by atoms with Crippen molar-refractivity contribution in [2.75, 3.05) is 18.6 Å². The van der Waals surface area contributed by atoms with Gasteiger partial charge in [-0.25, -0.2) is 9.78 Å². The molecule has 0 spiro atoms. The number of nitrogens with zero attached hydrogens (tertiary/aromatic N) is 2. The predicted octanol–water partition coefficient (Wildman–Crippen LogP) is 6.95. The Hall–Kier alpha value is -4.37. The van der Waals surface area contributed by atoms with Gasteiger partial charge in [0.15, 0.2) is 12.4 Å². The first-order chi connectivity index (χ1) is 21.3. The van der Waals surface area contributed by atoms with E-state index >= 15 is 0 Å². The molecule has 2 atom stereocenters. The molecule has 2 heterocycles. The number of Topliss-reactive ketones (excluding diaryl/α,β-unsaturated/α-hetero) is 1. The van der Waals surface area contributed by atoms with Gasteiger partial charge in [0, 0.05) is 21.0 Å². The molecule has 1 saturated carbocycles. The molecule has 224 valence electrons. The number of esters is 1. The van der Waals surface area contributed by atoms with Gasteiger partial charge in [-0.3, -0.25) is 19.3 Å². The van der Waals surface area contributed by atoms with E-state index in [1.54, 1.807) is 61.7 Å². The number of pyridine rings is 1. The van der Waals surface area contributed by atoms with Crippen LogP contribution in [0.2, 0.25) is 0 Å². The van der Waals surface area contributed by atoms with E-state index in [2.05, 4.69) is 15.9 Å². The number of anilines is 1. The lowest BCUT2D eigenvalue weighted by molar-refractivity contribution is -0.122. The molecule has 1 saturated heterocycles. The summed E-state index contributed by atoms with van der Waals surface area (Å²) in [5, 5.41) is 0.606. The highest BCUT2D eigenvalue weighted by molar-refractivity contribution is 9.10. The molecule has 0 bridgehead atoms. The van der Waals surface area contributed by atoms with Crippen LogP contribution in [0.25, 0.3) is 22.2 Å². The molecule has 6 rings (SSSR count). The number of benzene rings is 3. The number of halogens is 1. The van der Waals surface area contributed by atoms with Gasteiger partial charge >= 0.3 is 5.97 Å². The highest BCUT2D eigenvalue weighted by atomic mass is 79.9. The quantitative estimate of drug-likeness (QED) is 0.115. The van der Waals surface area contributed by atoms with E-state index in [-0.39, 0.29) is 35.0 Å². The van der Waals surface area contributed by atoms with Gasteiger partial charge < -0.3 is 9.47 Å². The lowest BCUT2D eigenvalue weighted by Gasteiger charge is -2.19. The molecule has 9 heteroatoms. The van der Waals surface area contributed by atoms with Gasteiger partial charge in [0.25, 0.3) is 0 Å². The topological polar surface area (TPSA) is 103 Å². The monoisotopic (exact) mass is 654 g/mol. The van der Waals surface area contributed by atoms with Gasteiger partial charge in [-0.2, -0.15) is 0 Å². The Bertz CT molecular complexity index is 1760. The van der Waals surface area contributed by atoms with Crippen molar-refractivity contribution in [1.29, 1.82) is 0 Å². The molecule has 3 aromatic carbocycles. The Morgan fingerprint density at radius 1 is 0.932 bits per heavy atom. The van der Waals surface area contributed by atoms with Crippen molar-refractivity contribution in [2.24, 2.45) is 11.8 Å². The van der Waals surface area contributed by atoms with Gasteiger partial charge in [0.2, 0.25) is 11.8 Å². The van der Waals surface area contributed by atoms with E-state index < -0.39 is 12.6 Å². The number of imide groups is 1. The number of hydrogen-bond acceptors (Lipinski definition) is 7. The normalized spacial score (nSPS) is 17.9. The second kappa shape index (κ2) is 12.3. The zero-order chi connectivity index (χ0) is 31.0. The maximum atomic E-state index is 13.5. The largest absolute Gasteiger partial charge is 0.497 e. The predicted molar refractivity (Wildman–Crippen MR) is 170 cm³/mol. The molecular formula is C35H31BrN2O6. The van der Waals surface area contributed by atoms with E-state index in [1.165, 1.54) is 4.90 Å². The molecule has 4 aromatic rings. The molecule has 0 radical (unpaired) electrons. The van der Waals surface area contributed by atoms with Gasteiger partial charge in [-0.1, -0.05) is 47.8 Å². The first kappa shape index (κ1) is 29.7. The number of ether oxygens (including phenoxy) is 2. The lowest BCUT2D eigenvalue weighted by atomic mass is 9.81. The van der Waals surface area contributed by atoms with Crippen molar-refractivity contribution in [3.63, 3.8) is 0 Å². The van der Waals surface area contributed by atoms with Gasteiger partial charge in [0.05, 0.1) is 41.4 Å². The molecular weight excluding hydrogens is 624 g/mol. The Kier molecular flexibility index (Phi) is 8.31. The number of aromatic nitrogens is 1. The second-order valence-electron chi connectivity index (χ2n) is 11.2. The van der Waals surface area contributed by atoms with Crippen LogP contribution in [0.1, 0.15) is 58.9 Å². The van der Waals surface area contributed by atoms with Crippen LogP contribution in [0.15, 0.2) is 71.2 Å². The molecule has 1 aliphatic heterocycles. The Labute approximate surface area is 263 Å². The Balaban J connectivity index is 1.31. The van der Waals surface area contributed by atoms with Crippen LogP contribution in [0.5, 0.6) is 5.75 Å². The van der Waals surface area contributed by atoms with Crippen molar-refractivity contribution < 1.29 is 28.7 Å². The van der Waals surface area contributed by atoms with Crippen molar-refractivity contribution in [3.8, 4) is 17.0 Å². The fourth-order valence-electron chi connectivity index (χ4n) is 6.21. The first-order valence-electron chi connectivity index (χ1n) is 14.7. The molecule has 1 aromatic heterocycles. The highest BCUT2D eigenvalue weighted by Gasteiger charge is 2.48. The average Bonchev–Trinajstić information content (AvgIpc) is 3.31. The molecule has 2 fully saturated rings. The van der Waals surface area contributed by atoms with Crippen LogP contribution in [0.3, 0.4) is 0 Å². The third kappa shape index (κ3) is 5.52. The van der Waals surface area contributed by atoms with Crippen LogP contribution in [-0.2, 0) is 20.7 Å². The maximum absolute atomic E-state index is 13.5. The highest BCUT2D eigenvalue weighted by Crippen LogP contribution is 2.40. The SMILES string of the molecule is CCc1cc(Br)cc2c(C(=O)OCC(=O)c3ccc(OC)cc3)cc(-c3ccc(N4C(=O)C5CCCCC5C4=O)cc3)nc12. The number of fused-ring (bicyclic) bond motifs is 2. The number of aryl methyl sites for hydroxylation is 1. The lowest BCUT2D eigenvalue weighted by Crippen LogP contribution is -2.30. The second-order valence-corrected chi connectivity index (χ2v) is 12.1. The Morgan fingerprint density at radius 3 is 2.20 bits per heavy atom. The third-order valence-electron chi connectivity index (χ3n) is 8.57. The molecule has 0 N–H and O–H groups in total. The van der Waals surface area contributed by atoms with Gasteiger partial charge in [-0.05, 0) is 79.4 Å². The molecule has 8 nitrogen and oxygen atoms in total. The van der Waals surface area contributed by atoms with Crippen molar-refractivity contribution in [2.45, 2.75) is 39.0 Å². The summed E-state index contributed by atoms with van der Waals surface area (Å²) in [6.07, 6.45) is 4.13. The Morgan fingerprint density at radius 2 is 1.59 bits per heavy atom. The summed E-state index contributed by atoms with van der Waals surface area (Å²) < 4.78 is 11.5. The number of ketones is 1. The fraction of sp³-hybridized carbons (Fsp3) is 0.286. The van der Waals surface area contributed by atoms with Crippen molar-refractivity contribution >= 4 is 56.1 Å². The molecule has 2 amide bonds. The first-order valence-corrected chi connectivity index (χ1v) is 15.5. The van der Waals surface area contributed by atoms with E-state index in [0.717, 1.165) is 35.7 Å². The number of amides is 2. The van der Waals surface area contributed by atoms with Gasteiger partial charge in [-0.15, -0.1) is 0 Å². The van der Waals surface area contributed by atoms with Crippen LogP contribution in [-0.4, -0.2) is 42.3 Å². The van der Waals surface area contributed by atoms with E-state index in [0.29, 0.717) is 45.6 Å². The van der Waals surface area contributed by atoms with Crippen LogP contribution >= 0.6 is 15.9 Å². The number of methoxy groups -OCH3 is 1. The summed E-state index contributed by atoms with van der Waals surface area (Å²) in [7, 11) is 1.54. The van der Waals surface area contributed by atoms with E-state index in [9.17, 15) is 19.2 Å². The number of hydrogen-bond donors (Lipinski definition) is 0. The third-order valence-corrected chi connectivity index (χ3v) is 9.02. The minimum absolute atomic E-state index is 0.122. The zero-order valence-electron chi connectivity index (χ0n) is 24.5. The molecule has 1 aliphatic carbocycles. The summed E-state index contributed by atoms with van der Waals surface area (Å²) in [5.74, 6) is -1.06. The average molecular weight is 656 g/mol. The maximum Gasteiger partial charge on any atom is 0.339 e. The number of carbonyl (C=O) groups is 4. The smallest absolute Gasteiger partial charge is 0.339 e. The number of carbonyl (C=O) groups excluding carboxylic acids is 4. The molecule has 44 heavy (non-hydrogen) atoms. The summed E-state index contributed by atoms with van der Waals surface area (Å²) >= 11 is 3.54. The summed E-state index contributed by atoms with van der Waals surface area (Å²) in [4.78, 5) is 58.7. The van der Waals surface area contributed by atoms with Crippen LogP contribution in [0, 0.1) is 11.8 Å². The minimum atomic E-state index is -0.645. The van der Waals surface area contributed by atoms with Crippen LogP contribution in [0.4, 0.5) is 5.69 Å². The van der Waals surface area contributed by atoms with Crippen molar-refractivity contribution in [3.05, 3.63) is 87.9 Å². The van der Waals surface area contributed by atoms with Crippen molar-refractivity contribution in [1.82, 2.24) is 4.98 Å². The number of rotatable bonds is 8. The fourth-order valence-corrected chi connectivity index (χ4v) is 6.72. The van der Waals surface area contributed by atoms with E-state index in [1.807, 2.05) is 19.1 Å². The zero-order valence-corrected chi connectivity index (χ0v) is 26.1. The summed E-state index contributed by atoms with van der Waals surface area (Å²) in [6.45, 7) is 1.59. The van der Waals surface area contributed by atoms with E-state index in [4.69, 9.17) is 14.5 Å². The van der Waals surface area contributed by atoms with Crippen LogP contribution < -0.4 is 9.64 Å². The molecule has 2 unspecified atom stereocenters. The summed E-state index contributed by atoms with van der Waals surface area (Å²) in [6, 6.07) is 19.2. The standard InChI is InChI=1S/C35H31BrN2O6/c1-3-20-16-23(36)17-28-29(35(42)44-19-31(39)22-10-14-25(43-2)15-11-22)18-30(37-32(20)28)21-8-12-24(13-9-21)38-33(40)26-6-4-5-7-27(26)34(38)41/h8-18,26-27H,3-7,19H2,1-2H3. The summed E-state index contributed by atoms with van der Waals surface area (Å²) in [5.41, 5.74) is 4.05.